The van der Waals surface area contributed by atoms with Crippen molar-refractivity contribution in [3.63, 3.8) is 0 Å². The van der Waals surface area contributed by atoms with E-state index < -0.39 is 36.6 Å². The van der Waals surface area contributed by atoms with E-state index in [0.29, 0.717) is 0 Å². The van der Waals surface area contributed by atoms with Gasteiger partial charge in [0.15, 0.2) is 0 Å². The van der Waals surface area contributed by atoms with Gasteiger partial charge in [0.05, 0.1) is 5.92 Å². The van der Waals surface area contributed by atoms with E-state index in [1.165, 1.54) is 4.90 Å². The second-order valence-electron chi connectivity index (χ2n) is 4.67. The van der Waals surface area contributed by atoms with Crippen LogP contribution in [0.2, 0.25) is 0 Å². The van der Waals surface area contributed by atoms with E-state index in [-0.39, 0.29) is 25.9 Å². The standard InChI is InChI=1S/C10H15F6N3/c11-9(12,13)6-1-3-19(4-2-6)5-7(8(17)18)10(14,15)16/h6-7H,1-5H2,(H3,17,18). The lowest BCUT2D eigenvalue weighted by atomic mass is 9.95. The molecule has 1 atom stereocenters. The van der Waals surface area contributed by atoms with E-state index in [2.05, 4.69) is 0 Å². The summed E-state index contributed by atoms with van der Waals surface area (Å²) >= 11 is 0. The maximum atomic E-state index is 12.6. The van der Waals surface area contributed by atoms with Crippen LogP contribution in [0.15, 0.2) is 0 Å². The summed E-state index contributed by atoms with van der Waals surface area (Å²) in [6.07, 6.45) is -9.37. The van der Waals surface area contributed by atoms with Crippen LogP contribution in [0.4, 0.5) is 26.3 Å². The smallest absolute Gasteiger partial charge is 0.387 e. The second kappa shape index (κ2) is 5.56. The van der Waals surface area contributed by atoms with Gasteiger partial charge in [-0.3, -0.25) is 5.41 Å². The van der Waals surface area contributed by atoms with E-state index in [0.717, 1.165) is 0 Å². The molecular formula is C10H15F6N3. The van der Waals surface area contributed by atoms with Crippen molar-refractivity contribution in [3.05, 3.63) is 0 Å². The molecule has 1 aliphatic heterocycles. The van der Waals surface area contributed by atoms with Crippen molar-refractivity contribution in [3.8, 4) is 0 Å². The van der Waals surface area contributed by atoms with Gasteiger partial charge in [-0.15, -0.1) is 0 Å². The molecule has 0 bridgehead atoms. The fourth-order valence-electron chi connectivity index (χ4n) is 2.08. The number of nitrogens with zero attached hydrogens (tertiary/aromatic N) is 1. The van der Waals surface area contributed by atoms with Gasteiger partial charge in [0.1, 0.15) is 11.8 Å². The first-order valence-corrected chi connectivity index (χ1v) is 5.71. The molecule has 112 valence electrons. The van der Waals surface area contributed by atoms with E-state index in [1.807, 2.05) is 0 Å². The molecule has 1 heterocycles. The highest BCUT2D eigenvalue weighted by Crippen LogP contribution is 2.35. The number of likely N-dealkylation sites (tertiary alicyclic amines) is 1. The topological polar surface area (TPSA) is 53.1 Å². The molecule has 0 amide bonds. The highest BCUT2D eigenvalue weighted by atomic mass is 19.4. The summed E-state index contributed by atoms with van der Waals surface area (Å²) in [4.78, 5) is 1.28. The SMILES string of the molecule is N=C(N)C(CN1CCC(C(F)(F)F)CC1)C(F)(F)F. The van der Waals surface area contributed by atoms with Crippen molar-refractivity contribution >= 4 is 5.84 Å². The minimum Gasteiger partial charge on any atom is -0.387 e. The largest absolute Gasteiger partial charge is 0.399 e. The van der Waals surface area contributed by atoms with Gasteiger partial charge >= 0.3 is 12.4 Å². The predicted octanol–water partition coefficient (Wildman–Crippen LogP) is 2.38. The molecule has 0 aromatic carbocycles. The number of amidine groups is 1. The molecule has 9 heteroatoms. The molecule has 1 fully saturated rings. The van der Waals surface area contributed by atoms with Gasteiger partial charge < -0.3 is 10.6 Å². The van der Waals surface area contributed by atoms with Crippen LogP contribution in [-0.2, 0) is 0 Å². The van der Waals surface area contributed by atoms with Crippen LogP contribution in [0.5, 0.6) is 0 Å². The first kappa shape index (κ1) is 16.1. The van der Waals surface area contributed by atoms with Crippen molar-refractivity contribution in [1.82, 2.24) is 4.90 Å². The molecule has 0 saturated carbocycles. The van der Waals surface area contributed by atoms with E-state index in [1.54, 1.807) is 0 Å². The summed E-state index contributed by atoms with van der Waals surface area (Å²) in [5, 5.41) is 6.92. The summed E-state index contributed by atoms with van der Waals surface area (Å²) < 4.78 is 74.9. The molecular weight excluding hydrogens is 276 g/mol. The van der Waals surface area contributed by atoms with E-state index in [9.17, 15) is 26.3 Å². The first-order valence-electron chi connectivity index (χ1n) is 5.71. The predicted molar refractivity (Wildman–Crippen MR) is 56.7 cm³/mol. The Kier molecular flexibility index (Phi) is 4.70. The Balaban J connectivity index is 2.54. The van der Waals surface area contributed by atoms with Gasteiger partial charge in [-0.1, -0.05) is 0 Å². The lowest BCUT2D eigenvalue weighted by Gasteiger charge is -2.35. The Bertz CT molecular complexity index is 316. The highest BCUT2D eigenvalue weighted by molar-refractivity contribution is 5.80. The van der Waals surface area contributed by atoms with Crippen LogP contribution < -0.4 is 5.73 Å². The summed E-state index contributed by atoms with van der Waals surface area (Å²) in [7, 11) is 0. The maximum Gasteiger partial charge on any atom is 0.399 e. The van der Waals surface area contributed by atoms with Gasteiger partial charge in [0, 0.05) is 6.54 Å². The molecule has 0 aromatic heterocycles. The van der Waals surface area contributed by atoms with Gasteiger partial charge in [-0.25, -0.2) is 0 Å². The van der Waals surface area contributed by atoms with E-state index in [4.69, 9.17) is 11.1 Å². The third kappa shape index (κ3) is 4.55. The van der Waals surface area contributed by atoms with Crippen LogP contribution in [0.1, 0.15) is 12.8 Å². The van der Waals surface area contributed by atoms with Crippen molar-refractivity contribution in [2.45, 2.75) is 25.2 Å². The third-order valence-corrected chi connectivity index (χ3v) is 3.26. The molecule has 1 rings (SSSR count). The van der Waals surface area contributed by atoms with Gasteiger partial charge in [-0.05, 0) is 25.9 Å². The number of hydrogen-bond acceptors (Lipinski definition) is 2. The third-order valence-electron chi connectivity index (χ3n) is 3.26. The molecule has 1 aliphatic rings. The Morgan fingerprint density at radius 3 is 1.95 bits per heavy atom. The second-order valence-corrected chi connectivity index (χ2v) is 4.67. The Morgan fingerprint density at radius 2 is 1.63 bits per heavy atom. The van der Waals surface area contributed by atoms with Crippen molar-refractivity contribution in [1.29, 1.82) is 5.41 Å². The van der Waals surface area contributed by atoms with Crippen molar-refractivity contribution in [2.75, 3.05) is 19.6 Å². The fourth-order valence-corrected chi connectivity index (χ4v) is 2.08. The monoisotopic (exact) mass is 291 g/mol. The molecule has 19 heavy (non-hydrogen) atoms. The summed E-state index contributed by atoms with van der Waals surface area (Å²) in [5.74, 6) is -4.58. The number of piperidine rings is 1. The Morgan fingerprint density at radius 1 is 1.16 bits per heavy atom. The maximum absolute atomic E-state index is 12.6. The molecule has 1 unspecified atom stereocenters. The van der Waals surface area contributed by atoms with Crippen LogP contribution in [-0.4, -0.2) is 42.7 Å². The van der Waals surface area contributed by atoms with Crippen molar-refractivity contribution in [2.24, 2.45) is 17.6 Å². The van der Waals surface area contributed by atoms with Gasteiger partial charge in [0.25, 0.3) is 0 Å². The number of nitrogens with two attached hydrogens (primary N) is 1. The average Bonchev–Trinajstić information content (AvgIpc) is 2.23. The fraction of sp³-hybridized carbons (Fsp3) is 0.900. The number of rotatable bonds is 3. The quantitative estimate of drug-likeness (QED) is 0.476. The van der Waals surface area contributed by atoms with Crippen molar-refractivity contribution < 1.29 is 26.3 Å². The zero-order chi connectivity index (χ0) is 14.8. The average molecular weight is 291 g/mol. The van der Waals surface area contributed by atoms with Gasteiger partial charge in [0.2, 0.25) is 0 Å². The number of nitrogens with one attached hydrogen (secondary N) is 1. The molecule has 1 saturated heterocycles. The normalized spacial score (nSPS) is 21.4. The lowest BCUT2D eigenvalue weighted by molar-refractivity contribution is -0.189. The molecule has 0 radical (unpaired) electrons. The summed E-state index contributed by atoms with van der Waals surface area (Å²) in [5.41, 5.74) is 4.89. The first-order chi connectivity index (χ1) is 8.51. The summed E-state index contributed by atoms with van der Waals surface area (Å²) in [6.45, 7) is -0.683. The van der Waals surface area contributed by atoms with Crippen LogP contribution in [0, 0.1) is 17.2 Å². The van der Waals surface area contributed by atoms with E-state index >= 15 is 0 Å². The number of halogens is 6. The number of alkyl halides is 6. The van der Waals surface area contributed by atoms with Crippen LogP contribution >= 0.6 is 0 Å². The minimum atomic E-state index is -4.65. The number of hydrogen-bond donors (Lipinski definition) is 2. The Hall–Kier alpha value is -0.990. The molecule has 0 aromatic rings. The molecule has 3 nitrogen and oxygen atoms in total. The zero-order valence-electron chi connectivity index (χ0n) is 9.98. The summed E-state index contributed by atoms with van der Waals surface area (Å²) in [6, 6.07) is 0. The Labute approximate surface area is 106 Å². The molecule has 0 spiro atoms. The van der Waals surface area contributed by atoms with Gasteiger partial charge in [-0.2, -0.15) is 26.3 Å². The highest BCUT2D eigenvalue weighted by Gasteiger charge is 2.45. The molecule has 0 aliphatic carbocycles. The zero-order valence-corrected chi connectivity index (χ0v) is 9.98. The van der Waals surface area contributed by atoms with Crippen LogP contribution in [0.25, 0.3) is 0 Å². The van der Waals surface area contributed by atoms with Crippen LogP contribution in [0.3, 0.4) is 0 Å². The minimum absolute atomic E-state index is 0.0654. The molecule has 3 N–H and O–H groups in total. The lowest BCUT2D eigenvalue weighted by Crippen LogP contribution is -2.47.